The van der Waals surface area contributed by atoms with E-state index in [1.165, 1.54) is 77.0 Å². The first-order valence-electron chi connectivity index (χ1n) is 9.17. The topological polar surface area (TPSA) is 23.8 Å². The number of rotatable bonds is 15. The molecule has 0 spiro atoms. The molecule has 0 saturated carbocycles. The van der Waals surface area contributed by atoms with Gasteiger partial charge in [-0.15, -0.1) is 0 Å². The summed E-state index contributed by atoms with van der Waals surface area (Å²) in [6.07, 6.45) is 23.1. The number of unbranched alkanes of at least 4 members (excludes halogenated alkanes) is 10. The van der Waals surface area contributed by atoms with Gasteiger partial charge in [-0.25, -0.2) is 0 Å². The highest BCUT2D eigenvalue weighted by Gasteiger charge is 1.98. The summed E-state index contributed by atoms with van der Waals surface area (Å²) in [4.78, 5) is 0. The summed E-state index contributed by atoms with van der Waals surface area (Å²) in [5, 5.41) is 0. The molecule has 0 rings (SSSR count). The third-order valence-corrected chi connectivity index (χ3v) is 4.06. The summed E-state index contributed by atoms with van der Waals surface area (Å²) in [5.74, 6) is 0. The predicted molar refractivity (Wildman–Crippen MR) is 92.0 cm³/mol. The van der Waals surface area contributed by atoms with Crippen LogP contribution in [0.25, 0.3) is 0 Å². The molecule has 0 aromatic rings. The van der Waals surface area contributed by atoms with E-state index in [9.17, 15) is 0 Å². The molecule has 0 aliphatic carbocycles. The molecule has 0 amide bonds. The van der Waals surface area contributed by atoms with E-state index in [-0.39, 0.29) is 6.04 Å². The fourth-order valence-electron chi connectivity index (χ4n) is 2.49. The van der Waals surface area contributed by atoms with Crippen LogP contribution in [0.5, 0.6) is 0 Å². The molecule has 0 saturated heterocycles. The van der Waals surface area contributed by atoms with Gasteiger partial charge in [0.15, 0.2) is 0 Å². The summed E-state index contributed by atoms with van der Waals surface area (Å²) in [7, 11) is 0. The van der Waals surface area contributed by atoms with E-state index in [1.54, 1.807) is 0 Å². The molecule has 1 atom stereocenters. The van der Waals surface area contributed by atoms with Crippen molar-refractivity contribution in [2.75, 3.05) is 0 Å². The van der Waals surface area contributed by atoms with Gasteiger partial charge >= 0.3 is 0 Å². The van der Waals surface area contributed by atoms with Crippen LogP contribution < -0.4 is 5.73 Å². The fourth-order valence-corrected chi connectivity index (χ4v) is 2.49. The van der Waals surface area contributed by atoms with E-state index in [0.717, 1.165) is 12.8 Å². The molecule has 20 heavy (non-hydrogen) atoms. The van der Waals surface area contributed by atoms with Gasteiger partial charge in [-0.05, 0) is 38.5 Å². The Bertz CT molecular complexity index is 198. The van der Waals surface area contributed by atoms with Crippen molar-refractivity contribution < 1.29 is 0 Å². The molecule has 0 bridgehead atoms. The SMILES string of the molecule is CCCCCCCC/C=C/CCCCCCC([NH])CC. The first kappa shape index (κ1) is 19.7. The molecule has 0 fully saturated rings. The van der Waals surface area contributed by atoms with E-state index >= 15 is 0 Å². The van der Waals surface area contributed by atoms with Gasteiger partial charge in [0.1, 0.15) is 0 Å². The average Bonchev–Trinajstić information content (AvgIpc) is 2.47. The zero-order valence-electron chi connectivity index (χ0n) is 14.1. The molecule has 1 radical (unpaired) electrons. The molecule has 0 aromatic carbocycles. The second kappa shape index (κ2) is 16.8. The van der Waals surface area contributed by atoms with E-state index in [0.29, 0.717) is 0 Å². The highest BCUT2D eigenvalue weighted by atomic mass is 14.6. The van der Waals surface area contributed by atoms with Crippen LogP contribution in [0, 0.1) is 0 Å². The van der Waals surface area contributed by atoms with Crippen molar-refractivity contribution in [1.82, 2.24) is 5.73 Å². The standard InChI is InChI=1S/C19H38N/c1-3-5-6-7-8-9-10-11-12-13-14-15-16-17-18-19(20)4-2/h11-12,19-20H,3-10,13-18H2,1-2H3/b12-11+. The predicted octanol–water partition coefficient (Wildman–Crippen LogP) is 6.70. The van der Waals surface area contributed by atoms with Gasteiger partial charge in [0.25, 0.3) is 0 Å². The van der Waals surface area contributed by atoms with E-state index in [2.05, 4.69) is 26.0 Å². The molecule has 0 aliphatic rings. The Morgan fingerprint density at radius 1 is 0.700 bits per heavy atom. The molecule has 1 N–H and O–H groups in total. The van der Waals surface area contributed by atoms with Gasteiger partial charge in [0.2, 0.25) is 0 Å². The monoisotopic (exact) mass is 280 g/mol. The molecule has 0 aliphatic heterocycles. The highest BCUT2D eigenvalue weighted by Crippen LogP contribution is 2.10. The van der Waals surface area contributed by atoms with Gasteiger partial charge in [-0.3, -0.25) is 5.73 Å². The highest BCUT2D eigenvalue weighted by molar-refractivity contribution is 4.81. The Morgan fingerprint density at radius 3 is 1.75 bits per heavy atom. The Morgan fingerprint density at radius 2 is 1.20 bits per heavy atom. The lowest BCUT2D eigenvalue weighted by atomic mass is 10.1. The van der Waals surface area contributed by atoms with E-state index < -0.39 is 0 Å². The normalized spacial score (nSPS) is 13.2. The maximum Gasteiger partial charge on any atom is 0.0210 e. The lowest BCUT2D eigenvalue weighted by molar-refractivity contribution is 0.523. The van der Waals surface area contributed by atoms with Crippen LogP contribution in [0.15, 0.2) is 12.2 Å². The summed E-state index contributed by atoms with van der Waals surface area (Å²) < 4.78 is 0. The Labute approximate surface area is 128 Å². The van der Waals surface area contributed by atoms with Crippen LogP contribution in [0.2, 0.25) is 0 Å². The average molecular weight is 281 g/mol. The minimum absolute atomic E-state index is 0.187. The first-order valence-corrected chi connectivity index (χ1v) is 9.17. The smallest absolute Gasteiger partial charge is 0.0210 e. The summed E-state index contributed by atoms with van der Waals surface area (Å²) >= 11 is 0. The largest absolute Gasteiger partial charge is 0.255 e. The zero-order chi connectivity index (χ0) is 14.9. The lowest BCUT2D eigenvalue weighted by Gasteiger charge is -2.06. The minimum Gasteiger partial charge on any atom is -0.255 e. The third-order valence-electron chi connectivity index (χ3n) is 4.06. The van der Waals surface area contributed by atoms with Crippen LogP contribution in [-0.4, -0.2) is 6.04 Å². The number of hydrogen-bond acceptors (Lipinski definition) is 0. The molecular formula is C19H38N. The van der Waals surface area contributed by atoms with Crippen molar-refractivity contribution in [2.24, 2.45) is 0 Å². The van der Waals surface area contributed by atoms with Gasteiger partial charge in [0.05, 0.1) is 0 Å². The fraction of sp³-hybridized carbons (Fsp3) is 0.895. The summed E-state index contributed by atoms with van der Waals surface area (Å²) in [6, 6.07) is 0.187. The Balaban J connectivity index is 3.09. The zero-order valence-corrected chi connectivity index (χ0v) is 14.1. The molecular weight excluding hydrogens is 242 g/mol. The number of hydrogen-bond donors (Lipinski definition) is 0. The first-order chi connectivity index (χ1) is 9.81. The van der Waals surface area contributed by atoms with E-state index in [4.69, 9.17) is 5.73 Å². The van der Waals surface area contributed by atoms with Crippen LogP contribution >= 0.6 is 0 Å². The number of allylic oxidation sites excluding steroid dienone is 2. The summed E-state index contributed by atoms with van der Waals surface area (Å²) in [6.45, 7) is 4.39. The van der Waals surface area contributed by atoms with Crippen molar-refractivity contribution in [3.63, 3.8) is 0 Å². The van der Waals surface area contributed by atoms with Gasteiger partial charge < -0.3 is 0 Å². The van der Waals surface area contributed by atoms with Gasteiger partial charge in [0, 0.05) is 6.04 Å². The second-order valence-electron chi connectivity index (χ2n) is 6.12. The van der Waals surface area contributed by atoms with Crippen LogP contribution in [0.1, 0.15) is 104 Å². The van der Waals surface area contributed by atoms with Gasteiger partial charge in [-0.2, -0.15) is 0 Å². The number of nitrogens with one attached hydrogen (secondary N) is 1. The molecule has 1 unspecified atom stereocenters. The Hall–Kier alpha value is -0.300. The lowest BCUT2D eigenvalue weighted by Crippen LogP contribution is -2.05. The quantitative estimate of drug-likeness (QED) is 0.235. The second-order valence-corrected chi connectivity index (χ2v) is 6.12. The van der Waals surface area contributed by atoms with Crippen LogP contribution in [0.4, 0.5) is 0 Å². The van der Waals surface area contributed by atoms with Crippen molar-refractivity contribution >= 4 is 0 Å². The molecule has 119 valence electrons. The van der Waals surface area contributed by atoms with Crippen molar-refractivity contribution in [1.29, 1.82) is 0 Å². The maximum atomic E-state index is 7.67. The molecule has 0 heterocycles. The molecule has 1 nitrogen and oxygen atoms in total. The van der Waals surface area contributed by atoms with Crippen molar-refractivity contribution in [3.8, 4) is 0 Å². The molecule has 1 heteroatoms. The minimum atomic E-state index is 0.187. The van der Waals surface area contributed by atoms with Crippen LogP contribution in [-0.2, 0) is 0 Å². The van der Waals surface area contributed by atoms with Gasteiger partial charge in [-0.1, -0.05) is 77.4 Å². The van der Waals surface area contributed by atoms with Crippen LogP contribution in [0.3, 0.4) is 0 Å². The Kier molecular flexibility index (Phi) is 16.5. The van der Waals surface area contributed by atoms with E-state index in [1.807, 2.05) is 0 Å². The molecule has 0 aromatic heterocycles. The maximum absolute atomic E-state index is 7.67. The van der Waals surface area contributed by atoms with Crippen molar-refractivity contribution in [2.45, 2.75) is 110 Å². The third kappa shape index (κ3) is 15.8. The summed E-state index contributed by atoms with van der Waals surface area (Å²) in [5.41, 5.74) is 7.67. The van der Waals surface area contributed by atoms with Crippen molar-refractivity contribution in [3.05, 3.63) is 12.2 Å².